The molecule has 0 bridgehead atoms. The first kappa shape index (κ1) is 12.6. The summed E-state index contributed by atoms with van der Waals surface area (Å²) in [5.41, 5.74) is 1.23. The van der Waals surface area contributed by atoms with E-state index in [-0.39, 0.29) is 0 Å². The van der Waals surface area contributed by atoms with Crippen LogP contribution in [0.4, 0.5) is 0 Å². The number of unbranched alkanes of at least 4 members (excludes halogenated alkanes) is 3. The van der Waals surface area contributed by atoms with Crippen LogP contribution >= 0.6 is 0 Å². The molecule has 0 aliphatic rings. The van der Waals surface area contributed by atoms with Crippen LogP contribution in [-0.2, 0) is 0 Å². The molecule has 0 aliphatic carbocycles. The molecule has 2 rings (SSSR count). The fraction of sp³-hybridized carbons (Fsp3) is 0.429. The van der Waals surface area contributed by atoms with Crippen molar-refractivity contribution in [2.45, 2.75) is 32.6 Å². The third-order valence-electron chi connectivity index (χ3n) is 2.88. The highest BCUT2D eigenvalue weighted by molar-refractivity contribution is 5.78. The van der Waals surface area contributed by atoms with Gasteiger partial charge in [-0.1, -0.05) is 32.3 Å². The molecular formula is C14H18N2O2. The largest absolute Gasteiger partial charge is 0.476 e. The number of imidazole rings is 1. The summed E-state index contributed by atoms with van der Waals surface area (Å²) >= 11 is 0. The summed E-state index contributed by atoms with van der Waals surface area (Å²) in [5, 5.41) is 0. The van der Waals surface area contributed by atoms with Crippen molar-refractivity contribution in [2.24, 2.45) is 0 Å². The average Bonchev–Trinajstić information content (AvgIpc) is 2.76. The van der Waals surface area contributed by atoms with Gasteiger partial charge in [0.2, 0.25) is 5.88 Å². The van der Waals surface area contributed by atoms with E-state index in [0.29, 0.717) is 18.2 Å². The Kier molecular flexibility index (Phi) is 4.34. The Hall–Kier alpha value is -1.84. The van der Waals surface area contributed by atoms with Crippen molar-refractivity contribution in [1.29, 1.82) is 0 Å². The minimum absolute atomic E-state index is 0.438. The van der Waals surface area contributed by atoms with Crippen LogP contribution in [0, 0.1) is 0 Å². The maximum absolute atomic E-state index is 11.1. The molecule has 0 fully saturated rings. The van der Waals surface area contributed by atoms with Gasteiger partial charge in [0.05, 0.1) is 6.61 Å². The van der Waals surface area contributed by atoms with Crippen LogP contribution in [0.5, 0.6) is 5.88 Å². The number of aldehydes is 1. The maximum Gasteiger partial charge on any atom is 0.243 e. The minimum atomic E-state index is 0.438. The molecule has 0 N–H and O–H groups in total. The molecule has 0 atom stereocenters. The second-order valence-corrected chi connectivity index (χ2v) is 4.26. The van der Waals surface area contributed by atoms with Crippen LogP contribution in [0.15, 0.2) is 24.4 Å². The molecule has 96 valence electrons. The standard InChI is InChI=1S/C14H18N2O2/c1-2-3-4-7-10-18-14-12(11-17)16-9-6-5-8-13(16)15-14/h5-6,8-9,11H,2-4,7,10H2,1H3. The van der Waals surface area contributed by atoms with E-state index in [1.54, 1.807) is 4.40 Å². The van der Waals surface area contributed by atoms with E-state index >= 15 is 0 Å². The quantitative estimate of drug-likeness (QED) is 0.557. The Morgan fingerprint density at radius 3 is 3.00 bits per heavy atom. The molecule has 0 spiro atoms. The number of pyridine rings is 1. The number of carbonyl (C=O) groups is 1. The van der Waals surface area contributed by atoms with E-state index in [2.05, 4.69) is 11.9 Å². The number of ether oxygens (including phenoxy) is 1. The smallest absolute Gasteiger partial charge is 0.243 e. The zero-order valence-corrected chi connectivity index (χ0v) is 10.6. The Balaban J connectivity index is 2.05. The van der Waals surface area contributed by atoms with E-state index in [4.69, 9.17) is 4.74 Å². The predicted octanol–water partition coefficient (Wildman–Crippen LogP) is 3.11. The summed E-state index contributed by atoms with van der Waals surface area (Å²) in [6, 6.07) is 5.62. The van der Waals surface area contributed by atoms with Crippen LogP contribution < -0.4 is 4.74 Å². The van der Waals surface area contributed by atoms with Gasteiger partial charge >= 0.3 is 0 Å². The molecule has 4 heteroatoms. The number of rotatable bonds is 7. The molecule has 0 unspecified atom stereocenters. The van der Waals surface area contributed by atoms with E-state index in [1.807, 2.05) is 24.4 Å². The molecule has 0 aromatic carbocycles. The van der Waals surface area contributed by atoms with Crippen LogP contribution in [-0.4, -0.2) is 22.3 Å². The summed E-state index contributed by atoms with van der Waals surface area (Å²) in [4.78, 5) is 15.4. The molecule has 2 heterocycles. The Bertz CT molecular complexity index is 519. The molecule has 0 saturated carbocycles. The van der Waals surface area contributed by atoms with Crippen molar-refractivity contribution < 1.29 is 9.53 Å². The van der Waals surface area contributed by atoms with Crippen LogP contribution in [0.3, 0.4) is 0 Å². The van der Waals surface area contributed by atoms with Crippen molar-refractivity contribution in [2.75, 3.05) is 6.61 Å². The number of nitrogens with zero attached hydrogens (tertiary/aromatic N) is 2. The van der Waals surface area contributed by atoms with Crippen LogP contribution in [0.1, 0.15) is 43.1 Å². The summed E-state index contributed by atoms with van der Waals surface area (Å²) in [5.74, 6) is 0.438. The highest BCUT2D eigenvalue weighted by Crippen LogP contribution is 2.18. The van der Waals surface area contributed by atoms with Gasteiger partial charge in [0, 0.05) is 6.20 Å². The molecule has 0 aliphatic heterocycles. The monoisotopic (exact) mass is 246 g/mol. The highest BCUT2D eigenvalue weighted by atomic mass is 16.5. The minimum Gasteiger partial charge on any atom is -0.476 e. The van der Waals surface area contributed by atoms with Crippen molar-refractivity contribution in [3.63, 3.8) is 0 Å². The zero-order chi connectivity index (χ0) is 12.8. The van der Waals surface area contributed by atoms with Crippen LogP contribution in [0.25, 0.3) is 5.65 Å². The van der Waals surface area contributed by atoms with Crippen molar-refractivity contribution in [3.05, 3.63) is 30.1 Å². The lowest BCUT2D eigenvalue weighted by Crippen LogP contribution is -2.00. The first-order chi connectivity index (χ1) is 8.86. The first-order valence-corrected chi connectivity index (χ1v) is 6.42. The highest BCUT2D eigenvalue weighted by Gasteiger charge is 2.11. The maximum atomic E-state index is 11.1. The second-order valence-electron chi connectivity index (χ2n) is 4.26. The van der Waals surface area contributed by atoms with Crippen LogP contribution in [0.2, 0.25) is 0 Å². The SMILES string of the molecule is CCCCCCOc1nc2ccccn2c1C=O. The van der Waals surface area contributed by atoms with E-state index in [9.17, 15) is 4.79 Å². The molecule has 18 heavy (non-hydrogen) atoms. The Morgan fingerprint density at radius 2 is 2.22 bits per heavy atom. The van der Waals surface area contributed by atoms with Gasteiger partial charge in [0.15, 0.2) is 6.29 Å². The molecular weight excluding hydrogens is 228 g/mol. The number of hydrogen-bond acceptors (Lipinski definition) is 3. The van der Waals surface area contributed by atoms with Gasteiger partial charge in [-0.25, -0.2) is 0 Å². The second kappa shape index (κ2) is 6.19. The van der Waals surface area contributed by atoms with E-state index < -0.39 is 0 Å². The Labute approximate surface area is 107 Å². The molecule has 2 aromatic rings. The van der Waals surface area contributed by atoms with Gasteiger partial charge < -0.3 is 4.74 Å². The lowest BCUT2D eigenvalue weighted by molar-refractivity contribution is 0.111. The molecule has 0 radical (unpaired) electrons. The van der Waals surface area contributed by atoms with Gasteiger partial charge in [0.25, 0.3) is 0 Å². The number of carbonyl (C=O) groups excluding carboxylic acids is 1. The van der Waals surface area contributed by atoms with Gasteiger partial charge in [-0.2, -0.15) is 4.98 Å². The molecule has 0 saturated heterocycles. The number of aromatic nitrogens is 2. The third-order valence-corrected chi connectivity index (χ3v) is 2.88. The van der Waals surface area contributed by atoms with Gasteiger partial charge in [-0.3, -0.25) is 9.20 Å². The fourth-order valence-electron chi connectivity index (χ4n) is 1.90. The van der Waals surface area contributed by atoms with Crippen molar-refractivity contribution >= 4 is 11.9 Å². The van der Waals surface area contributed by atoms with Gasteiger partial charge in [-0.05, 0) is 18.6 Å². The third kappa shape index (κ3) is 2.70. The van der Waals surface area contributed by atoms with E-state index in [0.717, 1.165) is 24.8 Å². The van der Waals surface area contributed by atoms with Gasteiger partial charge in [-0.15, -0.1) is 0 Å². The molecule has 4 nitrogen and oxygen atoms in total. The summed E-state index contributed by atoms with van der Waals surface area (Å²) in [6.07, 6.45) is 7.18. The number of hydrogen-bond donors (Lipinski definition) is 0. The normalized spacial score (nSPS) is 10.7. The summed E-state index contributed by atoms with van der Waals surface area (Å²) in [7, 11) is 0. The van der Waals surface area contributed by atoms with Crippen molar-refractivity contribution in [1.82, 2.24) is 9.38 Å². The lowest BCUT2D eigenvalue weighted by Gasteiger charge is -2.02. The first-order valence-electron chi connectivity index (χ1n) is 6.42. The van der Waals surface area contributed by atoms with Crippen molar-refractivity contribution in [3.8, 4) is 5.88 Å². The molecule has 0 amide bonds. The zero-order valence-electron chi connectivity index (χ0n) is 10.6. The Morgan fingerprint density at radius 1 is 1.33 bits per heavy atom. The topological polar surface area (TPSA) is 43.6 Å². The predicted molar refractivity (Wildman–Crippen MR) is 70.2 cm³/mol. The van der Waals surface area contributed by atoms with Gasteiger partial charge in [0.1, 0.15) is 11.3 Å². The molecule has 2 aromatic heterocycles. The summed E-state index contributed by atoms with van der Waals surface area (Å²) < 4.78 is 7.34. The lowest BCUT2D eigenvalue weighted by atomic mass is 10.2. The number of fused-ring (bicyclic) bond motifs is 1. The van der Waals surface area contributed by atoms with E-state index in [1.165, 1.54) is 12.8 Å². The fourth-order valence-corrected chi connectivity index (χ4v) is 1.90. The summed E-state index contributed by atoms with van der Waals surface area (Å²) in [6.45, 7) is 2.79. The average molecular weight is 246 g/mol.